The van der Waals surface area contributed by atoms with Crippen molar-refractivity contribution in [1.82, 2.24) is 5.32 Å². The minimum atomic E-state index is -4.27. The summed E-state index contributed by atoms with van der Waals surface area (Å²) in [6.45, 7) is 4.03. The maximum Gasteiger partial charge on any atom is 0.416 e. The maximum absolute atomic E-state index is 12.5. The highest BCUT2D eigenvalue weighted by Gasteiger charge is 2.30. The molecule has 0 aromatic heterocycles. The summed E-state index contributed by atoms with van der Waals surface area (Å²) in [5.74, 6) is 0. The summed E-state index contributed by atoms with van der Waals surface area (Å²) < 4.78 is 37.5. The molecule has 16 heavy (non-hydrogen) atoms. The van der Waals surface area contributed by atoms with Gasteiger partial charge in [-0.2, -0.15) is 13.2 Å². The molecular formula is C11H12F3N2. The van der Waals surface area contributed by atoms with Crippen LogP contribution in [0.2, 0.25) is 0 Å². The molecule has 0 amide bonds. The fourth-order valence-electron chi connectivity index (χ4n) is 1.66. The average molecular weight is 229 g/mol. The van der Waals surface area contributed by atoms with Gasteiger partial charge in [0.1, 0.15) is 0 Å². The van der Waals surface area contributed by atoms with Gasteiger partial charge < -0.3 is 10.2 Å². The summed E-state index contributed by atoms with van der Waals surface area (Å²) in [7, 11) is 0. The Balaban J connectivity index is 2.21. The second-order valence-corrected chi connectivity index (χ2v) is 3.63. The molecule has 1 fully saturated rings. The van der Waals surface area contributed by atoms with Crippen LogP contribution < -0.4 is 10.2 Å². The second-order valence-electron chi connectivity index (χ2n) is 3.63. The molecule has 0 unspecified atom stereocenters. The van der Waals surface area contributed by atoms with Crippen molar-refractivity contribution in [3.8, 4) is 0 Å². The molecule has 1 saturated heterocycles. The van der Waals surface area contributed by atoms with E-state index in [1.54, 1.807) is 6.07 Å². The van der Waals surface area contributed by atoms with Crippen LogP contribution in [0.5, 0.6) is 0 Å². The van der Waals surface area contributed by atoms with Gasteiger partial charge in [0, 0.05) is 25.3 Å². The van der Waals surface area contributed by atoms with Gasteiger partial charge in [-0.05, 0) is 18.2 Å². The van der Waals surface area contributed by atoms with E-state index in [-0.39, 0.29) is 0 Å². The van der Waals surface area contributed by atoms with E-state index in [0.717, 1.165) is 12.6 Å². The van der Waals surface area contributed by atoms with E-state index in [1.165, 1.54) is 12.1 Å². The first-order chi connectivity index (χ1) is 7.57. The summed E-state index contributed by atoms with van der Waals surface area (Å²) in [4.78, 5) is 1.84. The summed E-state index contributed by atoms with van der Waals surface area (Å²) in [5.41, 5.74) is -0.00624. The van der Waals surface area contributed by atoms with Crippen LogP contribution in [-0.2, 0) is 6.18 Å². The number of hydrogen-bond acceptors (Lipinski definition) is 2. The normalized spacial score (nSPS) is 17.6. The molecule has 1 aromatic carbocycles. The number of hydrogen-bond donors (Lipinski definition) is 1. The SMILES string of the molecule is FC(F)(F)c1cccc(N2[CH]CNCC2)c1. The molecule has 87 valence electrons. The number of piperazine rings is 1. The first-order valence-electron chi connectivity index (χ1n) is 5.05. The molecule has 1 radical (unpaired) electrons. The van der Waals surface area contributed by atoms with E-state index in [2.05, 4.69) is 5.32 Å². The van der Waals surface area contributed by atoms with Gasteiger partial charge in [-0.15, -0.1) is 0 Å². The van der Waals surface area contributed by atoms with E-state index in [0.29, 0.717) is 18.8 Å². The molecule has 0 atom stereocenters. The van der Waals surface area contributed by atoms with E-state index in [4.69, 9.17) is 0 Å². The molecule has 1 heterocycles. The van der Waals surface area contributed by atoms with Gasteiger partial charge in [0.05, 0.1) is 12.1 Å². The fourth-order valence-corrected chi connectivity index (χ4v) is 1.66. The summed E-state index contributed by atoms with van der Waals surface area (Å²) >= 11 is 0. The number of nitrogens with one attached hydrogen (secondary N) is 1. The van der Waals surface area contributed by atoms with Crippen LogP contribution in [0.15, 0.2) is 24.3 Å². The quantitative estimate of drug-likeness (QED) is 0.794. The highest BCUT2D eigenvalue weighted by Crippen LogP contribution is 2.31. The van der Waals surface area contributed by atoms with Crippen molar-refractivity contribution in [2.75, 3.05) is 24.5 Å². The van der Waals surface area contributed by atoms with Crippen molar-refractivity contribution in [2.24, 2.45) is 0 Å². The molecule has 1 N–H and O–H groups in total. The number of nitrogens with zero attached hydrogens (tertiary/aromatic N) is 1. The molecule has 2 nitrogen and oxygen atoms in total. The van der Waals surface area contributed by atoms with E-state index in [1.807, 2.05) is 11.4 Å². The Bertz CT molecular complexity index is 356. The molecule has 0 aliphatic carbocycles. The molecular weight excluding hydrogens is 217 g/mol. The number of halogens is 3. The van der Waals surface area contributed by atoms with Crippen LogP contribution in [0.4, 0.5) is 18.9 Å². The van der Waals surface area contributed by atoms with Crippen molar-refractivity contribution in [1.29, 1.82) is 0 Å². The summed E-state index contributed by atoms with van der Waals surface area (Å²) in [6, 6.07) is 5.40. The monoisotopic (exact) mass is 229 g/mol. The predicted octanol–water partition coefficient (Wildman–Crippen LogP) is 2.28. The molecule has 1 aromatic rings. The highest BCUT2D eigenvalue weighted by molar-refractivity contribution is 5.51. The number of rotatable bonds is 1. The Hall–Kier alpha value is -1.23. The van der Waals surface area contributed by atoms with E-state index >= 15 is 0 Å². The van der Waals surface area contributed by atoms with Crippen LogP contribution in [0.3, 0.4) is 0 Å². The number of alkyl halides is 3. The third kappa shape index (κ3) is 2.47. The Morgan fingerprint density at radius 2 is 2.06 bits per heavy atom. The number of benzene rings is 1. The summed E-state index contributed by atoms with van der Waals surface area (Å²) in [5, 5.41) is 3.11. The molecule has 5 heteroatoms. The van der Waals surface area contributed by atoms with Crippen LogP contribution in [0.1, 0.15) is 5.56 Å². The van der Waals surface area contributed by atoms with Crippen molar-refractivity contribution < 1.29 is 13.2 Å². The first kappa shape index (κ1) is 11.3. The topological polar surface area (TPSA) is 15.3 Å². The minimum absolute atomic E-state index is 0.594. The molecule has 1 aliphatic rings. The van der Waals surface area contributed by atoms with Gasteiger partial charge in [-0.25, -0.2) is 0 Å². The van der Waals surface area contributed by atoms with Crippen LogP contribution >= 0.6 is 0 Å². The molecule has 1 aliphatic heterocycles. The lowest BCUT2D eigenvalue weighted by atomic mass is 10.1. The van der Waals surface area contributed by atoms with Crippen LogP contribution in [0, 0.1) is 6.54 Å². The lowest BCUT2D eigenvalue weighted by Crippen LogP contribution is -2.40. The average Bonchev–Trinajstić information content (AvgIpc) is 2.29. The zero-order valence-electron chi connectivity index (χ0n) is 8.59. The van der Waals surface area contributed by atoms with E-state index in [9.17, 15) is 13.2 Å². The zero-order chi connectivity index (χ0) is 11.6. The van der Waals surface area contributed by atoms with Gasteiger partial charge in [0.2, 0.25) is 0 Å². The lowest BCUT2D eigenvalue weighted by Gasteiger charge is -2.29. The van der Waals surface area contributed by atoms with Crippen LogP contribution in [-0.4, -0.2) is 19.6 Å². The fraction of sp³-hybridized carbons (Fsp3) is 0.364. The maximum atomic E-state index is 12.5. The van der Waals surface area contributed by atoms with Crippen molar-refractivity contribution >= 4 is 5.69 Å². The third-order valence-electron chi connectivity index (χ3n) is 2.49. The smallest absolute Gasteiger partial charge is 0.364 e. The van der Waals surface area contributed by atoms with Crippen molar-refractivity contribution in [3.05, 3.63) is 36.4 Å². The van der Waals surface area contributed by atoms with Gasteiger partial charge in [-0.3, -0.25) is 0 Å². The first-order valence-corrected chi connectivity index (χ1v) is 5.05. The van der Waals surface area contributed by atoms with Gasteiger partial charge in [-0.1, -0.05) is 6.07 Å². The van der Waals surface area contributed by atoms with Crippen LogP contribution in [0.25, 0.3) is 0 Å². The summed E-state index contributed by atoms with van der Waals surface area (Å²) in [6.07, 6.45) is -4.27. The Morgan fingerprint density at radius 1 is 1.25 bits per heavy atom. The Labute approximate surface area is 92.1 Å². The van der Waals surface area contributed by atoms with Gasteiger partial charge in [0.25, 0.3) is 0 Å². The lowest BCUT2D eigenvalue weighted by molar-refractivity contribution is -0.137. The molecule has 2 rings (SSSR count). The number of anilines is 1. The minimum Gasteiger partial charge on any atom is -0.364 e. The molecule has 0 bridgehead atoms. The Kier molecular flexibility index (Phi) is 3.05. The second kappa shape index (κ2) is 4.33. The largest absolute Gasteiger partial charge is 0.416 e. The van der Waals surface area contributed by atoms with Crippen molar-refractivity contribution in [3.63, 3.8) is 0 Å². The highest BCUT2D eigenvalue weighted by atomic mass is 19.4. The zero-order valence-corrected chi connectivity index (χ0v) is 8.59. The predicted molar refractivity (Wildman–Crippen MR) is 56.0 cm³/mol. The molecule has 0 spiro atoms. The van der Waals surface area contributed by atoms with E-state index < -0.39 is 11.7 Å². The third-order valence-corrected chi connectivity index (χ3v) is 2.49. The van der Waals surface area contributed by atoms with Crippen molar-refractivity contribution in [2.45, 2.75) is 6.18 Å². The van der Waals surface area contributed by atoms with Gasteiger partial charge >= 0.3 is 6.18 Å². The Morgan fingerprint density at radius 3 is 2.69 bits per heavy atom. The standard InChI is InChI=1S/C11H12F3N2/c12-11(13,14)9-2-1-3-10(8-9)16-6-4-15-5-7-16/h1-3,6,8,15H,4-5,7H2. The molecule has 0 saturated carbocycles. The van der Waals surface area contributed by atoms with Gasteiger partial charge in [0.15, 0.2) is 0 Å².